The number of thiophene rings is 1. The summed E-state index contributed by atoms with van der Waals surface area (Å²) in [6.45, 7) is 9.92. The molecule has 0 bridgehead atoms. The number of oxime groups is 1. The minimum atomic E-state index is 0.557. The lowest BCUT2D eigenvalue weighted by atomic mass is 9.99. The second-order valence-electron chi connectivity index (χ2n) is 7.72. The molecule has 5 heteroatoms. The van der Waals surface area contributed by atoms with Gasteiger partial charge in [-0.25, -0.2) is 0 Å². The van der Waals surface area contributed by atoms with Crippen molar-refractivity contribution in [2.24, 2.45) is 11.1 Å². The number of carbonyl (C=O) groups is 1. The Morgan fingerprint density at radius 3 is 2.90 bits per heavy atom. The van der Waals surface area contributed by atoms with Gasteiger partial charge in [-0.2, -0.15) is 0 Å². The number of allylic oxidation sites excluding steroid dienone is 8. The zero-order chi connectivity index (χ0) is 22.6. The summed E-state index contributed by atoms with van der Waals surface area (Å²) >= 11 is 3.15. The maximum Gasteiger partial charge on any atom is 0.160 e. The van der Waals surface area contributed by atoms with E-state index in [0.717, 1.165) is 63.5 Å². The van der Waals surface area contributed by atoms with Gasteiger partial charge in [-0.15, -0.1) is 23.1 Å². The third-order valence-corrected chi connectivity index (χ3v) is 7.82. The van der Waals surface area contributed by atoms with E-state index < -0.39 is 0 Å². The van der Waals surface area contributed by atoms with Crippen molar-refractivity contribution in [3.63, 3.8) is 0 Å². The van der Waals surface area contributed by atoms with Crippen molar-refractivity contribution in [1.82, 2.24) is 0 Å². The van der Waals surface area contributed by atoms with Crippen LogP contribution in [0.4, 0.5) is 0 Å². The topological polar surface area (TPSA) is 49.7 Å². The monoisotopic (exact) mass is 455 g/mol. The average molecular weight is 456 g/mol. The minimum Gasteiger partial charge on any atom is -0.411 e. The van der Waals surface area contributed by atoms with E-state index in [1.54, 1.807) is 18.7 Å². The Kier molecular flexibility index (Phi) is 10.8. The molecule has 1 aliphatic carbocycles. The van der Waals surface area contributed by atoms with Gasteiger partial charge in [-0.3, -0.25) is 4.79 Å². The Bertz CT molecular complexity index is 916. The van der Waals surface area contributed by atoms with E-state index in [1.807, 2.05) is 31.2 Å². The Morgan fingerprint density at radius 2 is 2.23 bits per heavy atom. The first-order valence-corrected chi connectivity index (χ1v) is 12.6. The molecule has 0 spiro atoms. The molecular formula is C26H33NO2S2. The Labute approximate surface area is 195 Å². The van der Waals surface area contributed by atoms with Crippen molar-refractivity contribution in [1.29, 1.82) is 0 Å². The fourth-order valence-corrected chi connectivity index (χ4v) is 6.06. The Balaban J connectivity index is 2.21. The molecule has 0 saturated carbocycles. The number of hydrogen-bond donors (Lipinski definition) is 1. The third-order valence-electron chi connectivity index (χ3n) is 5.32. The molecule has 1 heterocycles. The minimum absolute atomic E-state index is 0.557. The number of nitrogens with zero attached hydrogens (tertiary/aromatic N) is 1. The smallest absolute Gasteiger partial charge is 0.160 e. The van der Waals surface area contributed by atoms with Gasteiger partial charge < -0.3 is 5.21 Å². The quantitative estimate of drug-likeness (QED) is 0.0925. The molecule has 166 valence electrons. The van der Waals surface area contributed by atoms with E-state index in [-0.39, 0.29) is 0 Å². The summed E-state index contributed by atoms with van der Waals surface area (Å²) in [7, 11) is 0. The third kappa shape index (κ3) is 7.51. The predicted octanol–water partition coefficient (Wildman–Crippen LogP) is 7.77. The van der Waals surface area contributed by atoms with Gasteiger partial charge in [-0.1, -0.05) is 66.8 Å². The highest BCUT2D eigenvalue weighted by atomic mass is 32.2. The molecule has 1 atom stereocenters. The predicted molar refractivity (Wildman–Crippen MR) is 136 cm³/mol. The van der Waals surface area contributed by atoms with Crippen molar-refractivity contribution in [2.75, 3.05) is 5.75 Å². The van der Waals surface area contributed by atoms with Gasteiger partial charge in [0.05, 0.1) is 14.8 Å². The maximum absolute atomic E-state index is 11.8. The van der Waals surface area contributed by atoms with Crippen LogP contribution < -0.4 is 0 Å². The molecule has 1 aromatic rings. The average Bonchev–Trinajstić information content (AvgIpc) is 3.00. The van der Waals surface area contributed by atoms with Gasteiger partial charge in [0.15, 0.2) is 6.29 Å². The number of aldehydes is 1. The molecule has 2 rings (SSSR count). The highest BCUT2D eigenvalue weighted by Crippen LogP contribution is 2.38. The van der Waals surface area contributed by atoms with Crippen LogP contribution in [-0.4, -0.2) is 23.0 Å². The summed E-state index contributed by atoms with van der Waals surface area (Å²) in [6.07, 6.45) is 20.7. The molecule has 0 aromatic carbocycles. The first kappa shape index (κ1) is 25.2. The van der Waals surface area contributed by atoms with Crippen LogP contribution in [0.15, 0.2) is 69.6 Å². The fraction of sp³-hybridized carbons (Fsp3) is 0.385. The van der Waals surface area contributed by atoms with E-state index in [9.17, 15) is 10.0 Å². The normalized spacial score (nSPS) is 17.6. The molecule has 1 aliphatic rings. The number of hydrogen-bond acceptors (Lipinski definition) is 5. The van der Waals surface area contributed by atoms with Gasteiger partial charge in [0.2, 0.25) is 0 Å². The Morgan fingerprint density at radius 1 is 1.42 bits per heavy atom. The number of rotatable bonds is 11. The summed E-state index contributed by atoms with van der Waals surface area (Å²) < 4.78 is 1.02. The molecule has 0 fully saturated rings. The summed E-state index contributed by atoms with van der Waals surface area (Å²) in [6, 6.07) is 0. The van der Waals surface area contributed by atoms with Gasteiger partial charge in [-0.05, 0) is 63.0 Å². The summed E-state index contributed by atoms with van der Waals surface area (Å²) in [4.78, 5) is 12.6. The van der Waals surface area contributed by atoms with E-state index in [2.05, 4.69) is 36.9 Å². The maximum atomic E-state index is 11.8. The fourth-order valence-electron chi connectivity index (χ4n) is 3.50. The lowest BCUT2D eigenvalue weighted by Crippen LogP contribution is -2.02. The molecule has 0 unspecified atom stereocenters. The first-order valence-electron chi connectivity index (χ1n) is 10.8. The van der Waals surface area contributed by atoms with E-state index in [1.165, 1.54) is 23.3 Å². The van der Waals surface area contributed by atoms with Crippen LogP contribution in [-0.2, 0) is 6.42 Å². The van der Waals surface area contributed by atoms with Crippen molar-refractivity contribution >= 4 is 35.1 Å². The van der Waals surface area contributed by atoms with Crippen LogP contribution in [0.5, 0.6) is 0 Å². The van der Waals surface area contributed by atoms with E-state index >= 15 is 0 Å². The second kappa shape index (κ2) is 13.3. The lowest BCUT2D eigenvalue weighted by molar-refractivity contribution is 0.112. The van der Waals surface area contributed by atoms with Crippen molar-refractivity contribution in [3.8, 4) is 0 Å². The molecule has 0 aliphatic heterocycles. The van der Waals surface area contributed by atoms with Crippen molar-refractivity contribution in [2.45, 2.75) is 57.1 Å². The standard InChI is InChI=1S/C26H33NO2S2/c1-5-7-11-21(6-2)18-30-26-25(20(4)27-29)23(24(17-28)31-26)14-9-13-22-12-8-10-19(3)15-16-22/h5-7,11-12,15-17,19,29H,2,8-10,13-14,18H2,1,3-4H3/b7-5-,21-11+,27-20+/t19-/m1/s1. The van der Waals surface area contributed by atoms with Gasteiger partial charge in [0, 0.05) is 11.3 Å². The van der Waals surface area contributed by atoms with Crippen LogP contribution in [0.3, 0.4) is 0 Å². The first-order chi connectivity index (χ1) is 15.0. The number of thioether (sulfide) groups is 1. The molecule has 0 amide bonds. The molecule has 0 radical (unpaired) electrons. The highest BCUT2D eigenvalue weighted by molar-refractivity contribution is 8.01. The second-order valence-corrected chi connectivity index (χ2v) is 10.0. The van der Waals surface area contributed by atoms with E-state index in [4.69, 9.17) is 0 Å². The molecular weight excluding hydrogens is 422 g/mol. The summed E-state index contributed by atoms with van der Waals surface area (Å²) in [5.41, 5.74) is 4.95. The van der Waals surface area contributed by atoms with Gasteiger partial charge >= 0.3 is 0 Å². The Hall–Kier alpha value is -2.11. The SMILES string of the molecule is C=C/C(=C\C=C/C)CSc1sc(C=O)c(CCCC2=CCC[C@@H](C)C=C2)c1/C(C)=N/O. The zero-order valence-electron chi connectivity index (χ0n) is 18.8. The van der Waals surface area contributed by atoms with Crippen molar-refractivity contribution < 1.29 is 10.0 Å². The van der Waals surface area contributed by atoms with Crippen molar-refractivity contribution in [3.05, 3.63) is 76.3 Å². The van der Waals surface area contributed by atoms with Crippen LogP contribution in [0.1, 0.15) is 67.3 Å². The van der Waals surface area contributed by atoms with Gasteiger partial charge in [0.25, 0.3) is 0 Å². The largest absolute Gasteiger partial charge is 0.411 e. The molecule has 3 nitrogen and oxygen atoms in total. The van der Waals surface area contributed by atoms with Crippen LogP contribution in [0.25, 0.3) is 0 Å². The zero-order valence-corrected chi connectivity index (χ0v) is 20.4. The molecule has 0 saturated heterocycles. The highest BCUT2D eigenvalue weighted by Gasteiger charge is 2.21. The molecule has 1 N–H and O–H groups in total. The summed E-state index contributed by atoms with van der Waals surface area (Å²) in [5, 5.41) is 13.0. The molecule has 1 aromatic heterocycles. The number of carbonyl (C=O) groups excluding carboxylic acids is 1. The summed E-state index contributed by atoms with van der Waals surface area (Å²) in [5.74, 6) is 1.37. The van der Waals surface area contributed by atoms with E-state index in [0.29, 0.717) is 11.6 Å². The molecule has 31 heavy (non-hydrogen) atoms. The van der Waals surface area contributed by atoms with Crippen LogP contribution in [0.2, 0.25) is 0 Å². The van der Waals surface area contributed by atoms with Crippen LogP contribution >= 0.6 is 23.1 Å². The lowest BCUT2D eigenvalue weighted by Gasteiger charge is -2.08. The van der Waals surface area contributed by atoms with Gasteiger partial charge in [0.1, 0.15) is 0 Å². The van der Waals surface area contributed by atoms with Crippen LogP contribution in [0, 0.1) is 5.92 Å².